The highest BCUT2D eigenvalue weighted by Gasteiger charge is 2.47. The van der Waals surface area contributed by atoms with Gasteiger partial charge >= 0.3 is 0 Å². The van der Waals surface area contributed by atoms with Crippen molar-refractivity contribution in [2.45, 2.75) is 39.7 Å². The minimum absolute atomic E-state index is 0.0579. The third-order valence-corrected chi connectivity index (χ3v) is 7.28. The molecule has 2 heterocycles. The Morgan fingerprint density at radius 1 is 0.892 bits per heavy atom. The van der Waals surface area contributed by atoms with Crippen molar-refractivity contribution < 1.29 is 19.4 Å². The highest BCUT2D eigenvalue weighted by Crippen LogP contribution is 2.44. The number of Topliss-reactive ketones (excluding diaryl/α,β-unsaturated/α-hetero) is 1. The predicted molar refractivity (Wildman–Crippen MR) is 146 cm³/mol. The van der Waals surface area contributed by atoms with Crippen molar-refractivity contribution in [3.63, 3.8) is 0 Å². The van der Waals surface area contributed by atoms with Gasteiger partial charge in [0.05, 0.1) is 24.3 Å². The van der Waals surface area contributed by atoms with Crippen LogP contribution in [-0.2, 0) is 9.59 Å². The van der Waals surface area contributed by atoms with Gasteiger partial charge in [-0.15, -0.1) is 0 Å². The fourth-order valence-electron chi connectivity index (χ4n) is 5.60. The molecule has 3 aromatic rings. The lowest BCUT2D eigenvalue weighted by molar-refractivity contribution is -0.132. The van der Waals surface area contributed by atoms with E-state index in [9.17, 15) is 14.7 Å². The molecule has 2 saturated heterocycles. The number of hydrogen-bond donors (Lipinski definition) is 1. The number of hydrogen-bond acceptors (Lipinski definition) is 5. The van der Waals surface area contributed by atoms with Gasteiger partial charge in [0.25, 0.3) is 11.7 Å². The van der Waals surface area contributed by atoms with Crippen LogP contribution < -0.4 is 14.5 Å². The number of rotatable bonds is 5. The highest BCUT2D eigenvalue weighted by molar-refractivity contribution is 6.51. The van der Waals surface area contributed by atoms with Crippen LogP contribution in [0, 0.1) is 20.8 Å². The summed E-state index contributed by atoms with van der Waals surface area (Å²) in [6.45, 7) is 7.81. The van der Waals surface area contributed by atoms with Gasteiger partial charge in [-0.3, -0.25) is 14.5 Å². The molecule has 6 heteroatoms. The molecule has 2 aliphatic rings. The monoisotopic (exact) mass is 496 g/mol. The van der Waals surface area contributed by atoms with Gasteiger partial charge in [0.1, 0.15) is 11.5 Å². The molecule has 5 rings (SSSR count). The number of nitrogens with zero attached hydrogens (tertiary/aromatic N) is 2. The Morgan fingerprint density at radius 2 is 1.57 bits per heavy atom. The van der Waals surface area contributed by atoms with E-state index in [0.717, 1.165) is 41.0 Å². The second-order valence-electron chi connectivity index (χ2n) is 9.96. The van der Waals surface area contributed by atoms with E-state index in [4.69, 9.17) is 4.74 Å². The molecule has 2 fully saturated rings. The second-order valence-corrected chi connectivity index (χ2v) is 9.96. The Labute approximate surface area is 217 Å². The number of carbonyl (C=O) groups excluding carboxylic acids is 2. The summed E-state index contributed by atoms with van der Waals surface area (Å²) in [7, 11) is 1.53. The van der Waals surface area contributed by atoms with Crippen LogP contribution in [0.4, 0.5) is 11.4 Å². The zero-order valence-corrected chi connectivity index (χ0v) is 21.7. The number of aryl methyl sites for hydroxylation is 3. The first kappa shape index (κ1) is 24.6. The molecule has 1 amide bonds. The summed E-state index contributed by atoms with van der Waals surface area (Å²) in [5.41, 5.74) is 5.68. The number of ketones is 1. The molecule has 0 aliphatic carbocycles. The van der Waals surface area contributed by atoms with Crippen molar-refractivity contribution in [2.75, 3.05) is 30.0 Å². The van der Waals surface area contributed by atoms with Crippen molar-refractivity contribution in [2.24, 2.45) is 0 Å². The Bertz CT molecular complexity index is 1400. The van der Waals surface area contributed by atoms with Crippen LogP contribution in [0.15, 0.2) is 66.2 Å². The number of carbonyl (C=O) groups is 2. The molecule has 190 valence electrons. The number of ether oxygens (including phenoxy) is 1. The van der Waals surface area contributed by atoms with E-state index < -0.39 is 17.7 Å². The first-order chi connectivity index (χ1) is 17.8. The van der Waals surface area contributed by atoms with Crippen molar-refractivity contribution in [3.8, 4) is 5.75 Å². The average Bonchev–Trinajstić information content (AvgIpc) is 3.51. The molecule has 1 N–H and O–H groups in total. The molecule has 3 aromatic carbocycles. The molecule has 1 atom stereocenters. The molecule has 0 saturated carbocycles. The maximum atomic E-state index is 13.6. The summed E-state index contributed by atoms with van der Waals surface area (Å²) in [5, 5.41) is 11.6. The number of aliphatic hydroxyl groups is 1. The SMILES string of the molecule is COc1c(C)cc(C)cc1/C(O)=C1\C(=O)C(=O)N(c2ccc(N3CCCC3)cc2)C1c1cccc(C)c1. The number of aliphatic hydroxyl groups excluding tert-OH is 1. The summed E-state index contributed by atoms with van der Waals surface area (Å²) < 4.78 is 5.60. The zero-order chi connectivity index (χ0) is 26.3. The fourth-order valence-corrected chi connectivity index (χ4v) is 5.60. The van der Waals surface area contributed by atoms with E-state index in [2.05, 4.69) is 4.90 Å². The summed E-state index contributed by atoms with van der Waals surface area (Å²) in [5.74, 6) is -1.13. The average molecular weight is 497 g/mol. The lowest BCUT2D eigenvalue weighted by Gasteiger charge is -2.27. The van der Waals surface area contributed by atoms with Crippen LogP contribution in [0.1, 0.15) is 46.7 Å². The Hall–Kier alpha value is -4.06. The molecule has 6 nitrogen and oxygen atoms in total. The number of anilines is 2. The Morgan fingerprint density at radius 3 is 2.22 bits per heavy atom. The standard InChI is InChI=1S/C31H32N2O4/c1-19-8-7-9-22(17-19)27-26(28(34)25-18-20(2)16-21(3)30(25)37-4)29(35)31(36)33(27)24-12-10-23(11-13-24)32-14-5-6-15-32/h7-13,16-18,27,34H,5-6,14-15H2,1-4H3/b28-26+. The Balaban J connectivity index is 1.68. The minimum atomic E-state index is -0.775. The van der Waals surface area contributed by atoms with Crippen molar-refractivity contribution in [3.05, 3.63) is 94.1 Å². The normalized spacial score (nSPS) is 19.1. The van der Waals surface area contributed by atoms with Crippen LogP contribution in [0.25, 0.3) is 5.76 Å². The first-order valence-corrected chi connectivity index (χ1v) is 12.7. The molecular weight excluding hydrogens is 464 g/mol. The summed E-state index contributed by atoms with van der Waals surface area (Å²) in [4.78, 5) is 30.9. The molecule has 0 spiro atoms. The molecule has 0 bridgehead atoms. The van der Waals surface area contributed by atoms with Crippen LogP contribution in [0.3, 0.4) is 0 Å². The highest BCUT2D eigenvalue weighted by atomic mass is 16.5. The van der Waals surface area contributed by atoms with Gasteiger partial charge in [0.15, 0.2) is 0 Å². The van der Waals surface area contributed by atoms with Gasteiger partial charge in [-0.1, -0.05) is 35.9 Å². The van der Waals surface area contributed by atoms with Gasteiger partial charge in [-0.25, -0.2) is 0 Å². The van der Waals surface area contributed by atoms with E-state index in [0.29, 0.717) is 17.0 Å². The predicted octanol–water partition coefficient (Wildman–Crippen LogP) is 5.85. The second kappa shape index (κ2) is 9.77. The van der Waals surface area contributed by atoms with Crippen LogP contribution in [-0.4, -0.2) is 37.0 Å². The number of benzene rings is 3. The van der Waals surface area contributed by atoms with E-state index in [1.54, 1.807) is 6.07 Å². The quantitative estimate of drug-likeness (QED) is 0.273. The van der Waals surface area contributed by atoms with Crippen LogP contribution >= 0.6 is 0 Å². The summed E-state index contributed by atoms with van der Waals surface area (Å²) >= 11 is 0. The zero-order valence-electron chi connectivity index (χ0n) is 21.7. The van der Waals surface area contributed by atoms with E-state index in [-0.39, 0.29) is 11.3 Å². The van der Waals surface area contributed by atoms with Gasteiger partial charge in [0, 0.05) is 24.5 Å². The smallest absolute Gasteiger partial charge is 0.300 e. The first-order valence-electron chi connectivity index (χ1n) is 12.7. The lowest BCUT2D eigenvalue weighted by atomic mass is 9.93. The third kappa shape index (κ3) is 4.37. The topological polar surface area (TPSA) is 70.1 Å². The summed E-state index contributed by atoms with van der Waals surface area (Å²) in [6.07, 6.45) is 2.34. The molecule has 0 aromatic heterocycles. The molecular formula is C31H32N2O4. The maximum Gasteiger partial charge on any atom is 0.300 e. The van der Waals surface area contributed by atoms with E-state index in [1.807, 2.05) is 75.4 Å². The minimum Gasteiger partial charge on any atom is -0.507 e. The van der Waals surface area contributed by atoms with Gasteiger partial charge in [0.2, 0.25) is 0 Å². The molecule has 1 unspecified atom stereocenters. The largest absolute Gasteiger partial charge is 0.507 e. The molecule has 0 radical (unpaired) electrons. The Kier molecular flexibility index (Phi) is 6.50. The third-order valence-electron chi connectivity index (χ3n) is 7.28. The fraction of sp³-hybridized carbons (Fsp3) is 0.290. The number of methoxy groups -OCH3 is 1. The van der Waals surface area contributed by atoms with E-state index >= 15 is 0 Å². The van der Waals surface area contributed by atoms with Gasteiger partial charge in [-0.05, 0) is 80.6 Å². The van der Waals surface area contributed by atoms with Gasteiger partial charge in [-0.2, -0.15) is 0 Å². The number of amides is 1. The maximum absolute atomic E-state index is 13.6. The van der Waals surface area contributed by atoms with Crippen molar-refractivity contribution >= 4 is 28.8 Å². The van der Waals surface area contributed by atoms with Crippen LogP contribution in [0.2, 0.25) is 0 Å². The van der Waals surface area contributed by atoms with Crippen molar-refractivity contribution in [1.29, 1.82) is 0 Å². The van der Waals surface area contributed by atoms with Crippen molar-refractivity contribution in [1.82, 2.24) is 0 Å². The lowest BCUT2D eigenvalue weighted by Crippen LogP contribution is -2.29. The molecule has 2 aliphatic heterocycles. The molecule has 37 heavy (non-hydrogen) atoms. The summed E-state index contributed by atoms with van der Waals surface area (Å²) in [6, 6.07) is 18.4. The van der Waals surface area contributed by atoms with Gasteiger partial charge < -0.3 is 14.7 Å². The van der Waals surface area contributed by atoms with E-state index in [1.165, 1.54) is 24.9 Å². The van der Waals surface area contributed by atoms with Crippen LogP contribution in [0.5, 0.6) is 5.75 Å².